The van der Waals surface area contributed by atoms with Crippen molar-refractivity contribution in [3.63, 3.8) is 0 Å². The second-order valence-corrected chi connectivity index (χ2v) is 8.79. The Morgan fingerprint density at radius 3 is 2.36 bits per heavy atom. The predicted octanol–water partition coefficient (Wildman–Crippen LogP) is 3.66. The van der Waals surface area contributed by atoms with E-state index in [1.54, 1.807) is 0 Å². The summed E-state index contributed by atoms with van der Waals surface area (Å²) in [4.78, 5) is 36.3. The molecule has 0 bridgehead atoms. The number of fused-ring (bicyclic) bond motifs is 1. The van der Waals surface area contributed by atoms with E-state index in [1.165, 1.54) is 0 Å². The molecule has 0 atom stereocenters. The summed E-state index contributed by atoms with van der Waals surface area (Å²) in [6.07, 6.45) is 1.43. The number of carbonyl (C=O) groups excluding carboxylic acids is 2. The van der Waals surface area contributed by atoms with Crippen LogP contribution < -0.4 is 10.1 Å². The molecule has 0 spiro atoms. The van der Waals surface area contributed by atoms with Gasteiger partial charge in [-0.3, -0.25) is 9.59 Å². The van der Waals surface area contributed by atoms with E-state index in [9.17, 15) is 9.59 Å². The Labute approximate surface area is 194 Å². The minimum atomic E-state index is -0.140. The average Bonchev–Trinajstić information content (AvgIpc) is 2.79. The van der Waals surface area contributed by atoms with Gasteiger partial charge in [-0.1, -0.05) is 17.7 Å². The highest BCUT2D eigenvalue weighted by molar-refractivity contribution is 5.97. The van der Waals surface area contributed by atoms with Crippen LogP contribution in [0.3, 0.4) is 0 Å². The van der Waals surface area contributed by atoms with Crippen molar-refractivity contribution in [3.8, 4) is 5.75 Å². The third kappa shape index (κ3) is 5.30. The van der Waals surface area contributed by atoms with Crippen LogP contribution in [0, 0.1) is 27.7 Å². The second-order valence-electron chi connectivity index (χ2n) is 8.79. The van der Waals surface area contributed by atoms with Crippen molar-refractivity contribution in [1.29, 1.82) is 0 Å². The normalized spacial score (nSPS) is 14.4. The fourth-order valence-electron chi connectivity index (χ4n) is 4.15. The maximum atomic E-state index is 13.0. The summed E-state index contributed by atoms with van der Waals surface area (Å²) < 4.78 is 5.68. The van der Waals surface area contributed by atoms with E-state index in [0.717, 1.165) is 39.3 Å². The summed E-state index contributed by atoms with van der Waals surface area (Å²) in [6.45, 7) is 9.02. The van der Waals surface area contributed by atoms with Crippen LogP contribution >= 0.6 is 0 Å². The first-order valence-corrected chi connectivity index (χ1v) is 11.3. The Hall–Kier alpha value is -3.48. The van der Waals surface area contributed by atoms with Gasteiger partial charge in [0.05, 0.1) is 22.4 Å². The number of nitrogens with one attached hydrogen (secondary N) is 1. The Morgan fingerprint density at radius 1 is 0.970 bits per heavy atom. The molecule has 0 aliphatic carbocycles. The highest BCUT2D eigenvalue weighted by atomic mass is 16.5. The zero-order chi connectivity index (χ0) is 23.5. The van der Waals surface area contributed by atoms with E-state index in [1.807, 2.05) is 69.0 Å². The quantitative estimate of drug-likeness (QED) is 0.647. The van der Waals surface area contributed by atoms with Crippen LogP contribution in [0.5, 0.6) is 5.75 Å². The first-order chi connectivity index (χ1) is 15.8. The van der Waals surface area contributed by atoms with Gasteiger partial charge in [0.25, 0.3) is 11.8 Å². The second kappa shape index (κ2) is 9.57. The summed E-state index contributed by atoms with van der Waals surface area (Å²) >= 11 is 0. The van der Waals surface area contributed by atoms with Gasteiger partial charge in [0.15, 0.2) is 6.61 Å². The molecule has 1 aliphatic rings. The molecule has 1 aliphatic heterocycles. The maximum absolute atomic E-state index is 13.0. The van der Waals surface area contributed by atoms with E-state index in [0.29, 0.717) is 31.5 Å². The van der Waals surface area contributed by atoms with Crippen molar-refractivity contribution >= 4 is 22.8 Å². The summed E-state index contributed by atoms with van der Waals surface area (Å²) in [5, 5.41) is 3.03. The van der Waals surface area contributed by atoms with Crippen molar-refractivity contribution in [3.05, 3.63) is 64.5 Å². The van der Waals surface area contributed by atoms with Crippen molar-refractivity contribution in [1.82, 2.24) is 20.2 Å². The number of hydrogen-bond donors (Lipinski definition) is 1. The van der Waals surface area contributed by atoms with Crippen LogP contribution in [0.2, 0.25) is 0 Å². The third-order valence-corrected chi connectivity index (χ3v) is 6.16. The smallest absolute Gasteiger partial charge is 0.258 e. The summed E-state index contributed by atoms with van der Waals surface area (Å²) in [6, 6.07) is 11.4. The Morgan fingerprint density at radius 2 is 1.67 bits per heavy atom. The molecule has 2 heterocycles. The third-order valence-electron chi connectivity index (χ3n) is 6.16. The number of hydrogen-bond acceptors (Lipinski definition) is 5. The average molecular weight is 447 g/mol. The van der Waals surface area contributed by atoms with Gasteiger partial charge < -0.3 is 15.0 Å². The lowest BCUT2D eigenvalue weighted by Gasteiger charge is -2.32. The molecule has 4 rings (SSSR count). The van der Waals surface area contributed by atoms with Crippen molar-refractivity contribution in [2.24, 2.45) is 0 Å². The van der Waals surface area contributed by atoms with Crippen LogP contribution in [0.1, 0.15) is 45.7 Å². The molecule has 0 radical (unpaired) electrons. The Balaban J connectivity index is 1.29. The number of aromatic nitrogens is 2. The highest BCUT2D eigenvalue weighted by Gasteiger charge is 2.25. The number of carbonyl (C=O) groups is 2. The number of nitrogens with zero attached hydrogens (tertiary/aromatic N) is 3. The van der Waals surface area contributed by atoms with Gasteiger partial charge in [-0.05, 0) is 70.4 Å². The lowest BCUT2D eigenvalue weighted by atomic mass is 10.0. The van der Waals surface area contributed by atoms with Crippen molar-refractivity contribution < 1.29 is 14.3 Å². The molecular formula is C26H30N4O3. The van der Waals surface area contributed by atoms with Crippen LogP contribution in [0.25, 0.3) is 11.0 Å². The highest BCUT2D eigenvalue weighted by Crippen LogP contribution is 2.20. The van der Waals surface area contributed by atoms with Gasteiger partial charge in [-0.15, -0.1) is 0 Å². The molecule has 2 amide bonds. The number of amides is 2. The number of piperidine rings is 1. The van der Waals surface area contributed by atoms with Crippen molar-refractivity contribution in [2.45, 2.75) is 46.6 Å². The molecule has 7 nitrogen and oxygen atoms in total. The van der Waals surface area contributed by atoms with E-state index in [-0.39, 0.29) is 24.5 Å². The van der Waals surface area contributed by atoms with Gasteiger partial charge in [0.2, 0.25) is 0 Å². The molecular weight excluding hydrogens is 416 g/mol. The molecule has 1 fully saturated rings. The van der Waals surface area contributed by atoms with Crippen LogP contribution in [0.4, 0.5) is 0 Å². The minimum absolute atomic E-state index is 0.0138. The first kappa shape index (κ1) is 22.7. The number of rotatable bonds is 5. The van der Waals surface area contributed by atoms with Crippen LogP contribution in [-0.2, 0) is 4.79 Å². The SMILES string of the molecule is Cc1ccc(OCC(=O)NC2CCN(C(=O)c3ccc4nc(C)c(C)nc4c3)CC2)c(C)c1. The van der Waals surface area contributed by atoms with Gasteiger partial charge >= 0.3 is 0 Å². The molecule has 1 N–H and O–H groups in total. The fraction of sp³-hybridized carbons (Fsp3) is 0.385. The molecule has 2 aromatic carbocycles. The standard InChI is InChI=1S/C26H30N4O3/c1-16-5-8-24(17(2)13-16)33-15-25(31)29-21-9-11-30(12-10-21)26(32)20-6-7-22-23(14-20)28-19(4)18(3)27-22/h5-8,13-14,21H,9-12,15H2,1-4H3,(H,29,31). The zero-order valence-electron chi connectivity index (χ0n) is 19.6. The molecule has 0 unspecified atom stereocenters. The van der Waals surface area contributed by atoms with Gasteiger partial charge in [0, 0.05) is 24.7 Å². The Kier molecular flexibility index (Phi) is 6.58. The lowest BCUT2D eigenvalue weighted by Crippen LogP contribution is -2.47. The van der Waals surface area contributed by atoms with Crippen LogP contribution in [0.15, 0.2) is 36.4 Å². The van der Waals surface area contributed by atoms with E-state index < -0.39 is 0 Å². The lowest BCUT2D eigenvalue weighted by molar-refractivity contribution is -0.124. The molecule has 1 aromatic heterocycles. The summed E-state index contributed by atoms with van der Waals surface area (Å²) in [5.74, 6) is 0.569. The molecule has 3 aromatic rings. The van der Waals surface area contributed by atoms with Crippen molar-refractivity contribution in [2.75, 3.05) is 19.7 Å². The monoisotopic (exact) mass is 446 g/mol. The summed E-state index contributed by atoms with van der Waals surface area (Å²) in [7, 11) is 0. The predicted molar refractivity (Wildman–Crippen MR) is 127 cm³/mol. The number of benzene rings is 2. The molecule has 0 saturated carbocycles. The van der Waals surface area contributed by atoms with E-state index in [2.05, 4.69) is 15.3 Å². The number of aryl methyl sites for hydroxylation is 4. The molecule has 172 valence electrons. The number of likely N-dealkylation sites (tertiary alicyclic amines) is 1. The fourth-order valence-corrected chi connectivity index (χ4v) is 4.15. The first-order valence-electron chi connectivity index (χ1n) is 11.3. The van der Waals surface area contributed by atoms with Gasteiger partial charge in [0.1, 0.15) is 5.75 Å². The minimum Gasteiger partial charge on any atom is -0.484 e. The number of ether oxygens (including phenoxy) is 1. The topological polar surface area (TPSA) is 84.4 Å². The summed E-state index contributed by atoms with van der Waals surface area (Å²) in [5.41, 5.74) is 6.07. The molecule has 33 heavy (non-hydrogen) atoms. The largest absolute Gasteiger partial charge is 0.484 e. The molecule has 7 heteroatoms. The zero-order valence-corrected chi connectivity index (χ0v) is 19.6. The van der Waals surface area contributed by atoms with Crippen LogP contribution in [-0.4, -0.2) is 52.4 Å². The van der Waals surface area contributed by atoms with Gasteiger partial charge in [-0.25, -0.2) is 9.97 Å². The van der Waals surface area contributed by atoms with E-state index in [4.69, 9.17) is 4.74 Å². The van der Waals surface area contributed by atoms with E-state index >= 15 is 0 Å². The molecule has 1 saturated heterocycles. The van der Waals surface area contributed by atoms with Gasteiger partial charge in [-0.2, -0.15) is 0 Å². The Bertz CT molecular complexity index is 1200. The maximum Gasteiger partial charge on any atom is 0.258 e.